The summed E-state index contributed by atoms with van der Waals surface area (Å²) in [6.45, 7) is 1.02. The molecule has 2 amide bonds. The van der Waals surface area contributed by atoms with Crippen molar-refractivity contribution in [3.63, 3.8) is 0 Å². The van der Waals surface area contributed by atoms with Crippen molar-refractivity contribution in [2.45, 2.75) is 25.8 Å². The Morgan fingerprint density at radius 2 is 1.96 bits per heavy atom. The number of carbonyl (C=O) groups excluding carboxylic acids is 2. The van der Waals surface area contributed by atoms with E-state index in [9.17, 15) is 14.4 Å². The van der Waals surface area contributed by atoms with Crippen LogP contribution in [0.4, 0.5) is 0 Å². The Labute approximate surface area is 152 Å². The number of aromatic nitrogens is 1. The lowest BCUT2D eigenvalue weighted by Crippen LogP contribution is -2.34. The normalized spacial score (nSPS) is 13.7. The van der Waals surface area contributed by atoms with Crippen LogP contribution in [0, 0.1) is 5.92 Å². The van der Waals surface area contributed by atoms with Crippen LogP contribution in [-0.2, 0) is 6.54 Å². The third kappa shape index (κ3) is 4.20. The number of pyridine rings is 1. The predicted octanol–water partition coefficient (Wildman–Crippen LogP) is 2.18. The molecule has 26 heavy (non-hydrogen) atoms. The van der Waals surface area contributed by atoms with Crippen LogP contribution in [-0.4, -0.2) is 35.3 Å². The van der Waals surface area contributed by atoms with Crippen molar-refractivity contribution in [2.24, 2.45) is 5.92 Å². The first-order valence-corrected chi connectivity index (χ1v) is 8.85. The van der Waals surface area contributed by atoms with E-state index in [4.69, 9.17) is 0 Å². The fourth-order valence-corrected chi connectivity index (χ4v) is 2.94. The summed E-state index contributed by atoms with van der Waals surface area (Å²) < 4.78 is 0. The molecule has 0 atom stereocenters. The van der Waals surface area contributed by atoms with Gasteiger partial charge in [0, 0.05) is 26.3 Å². The molecular formula is C20H23N3O3. The molecule has 0 radical (unpaired) electrons. The average molecular weight is 353 g/mol. The molecule has 1 fully saturated rings. The number of hydrogen-bond acceptors (Lipinski definition) is 3. The van der Waals surface area contributed by atoms with Crippen LogP contribution in [0.3, 0.4) is 0 Å². The van der Waals surface area contributed by atoms with Gasteiger partial charge in [0.2, 0.25) is 0 Å². The highest BCUT2D eigenvalue weighted by Gasteiger charge is 2.20. The highest BCUT2D eigenvalue weighted by molar-refractivity contribution is 5.99. The molecule has 136 valence electrons. The van der Waals surface area contributed by atoms with Gasteiger partial charge in [0.15, 0.2) is 0 Å². The van der Waals surface area contributed by atoms with E-state index >= 15 is 0 Å². The van der Waals surface area contributed by atoms with Crippen LogP contribution in [0.1, 0.15) is 45.5 Å². The molecule has 0 unspecified atom stereocenters. The first kappa shape index (κ1) is 17.9. The largest absolute Gasteiger partial charge is 0.352 e. The van der Waals surface area contributed by atoms with E-state index in [1.54, 1.807) is 7.05 Å². The summed E-state index contributed by atoms with van der Waals surface area (Å²) in [5.41, 5.74) is 0.736. The highest BCUT2D eigenvalue weighted by atomic mass is 16.2. The second-order valence-corrected chi connectivity index (χ2v) is 6.78. The average Bonchev–Trinajstić information content (AvgIpc) is 2.61. The minimum atomic E-state index is -0.495. The third-order valence-corrected chi connectivity index (χ3v) is 4.78. The standard InChI is InChI=1S/C20H23N3O3/c1-23(13-15-6-3-2-4-7-15)20(26)17-10-16(12-22-19(17)25)18(24)21-11-14-8-5-9-14/h2-4,6-7,10,12,14H,5,8-9,11,13H2,1H3,(H,21,24)(H,22,25). The molecule has 0 aliphatic heterocycles. The van der Waals surface area contributed by atoms with E-state index in [1.165, 1.54) is 23.6 Å². The highest BCUT2D eigenvalue weighted by Crippen LogP contribution is 2.25. The zero-order valence-corrected chi connectivity index (χ0v) is 14.8. The smallest absolute Gasteiger partial charge is 0.260 e. The van der Waals surface area contributed by atoms with Crippen LogP contribution in [0.15, 0.2) is 47.4 Å². The van der Waals surface area contributed by atoms with Gasteiger partial charge >= 0.3 is 0 Å². The van der Waals surface area contributed by atoms with E-state index in [-0.39, 0.29) is 11.5 Å². The number of rotatable bonds is 6. The van der Waals surface area contributed by atoms with E-state index < -0.39 is 11.5 Å². The molecule has 1 aromatic carbocycles. The number of hydrogen-bond donors (Lipinski definition) is 2. The van der Waals surface area contributed by atoms with Gasteiger partial charge in [0.05, 0.1) is 5.56 Å². The van der Waals surface area contributed by atoms with Crippen molar-refractivity contribution in [3.8, 4) is 0 Å². The summed E-state index contributed by atoms with van der Waals surface area (Å²) in [4.78, 5) is 41.0. The molecule has 0 spiro atoms. The molecule has 1 aliphatic carbocycles. The molecule has 0 saturated heterocycles. The molecule has 3 rings (SSSR count). The lowest BCUT2D eigenvalue weighted by molar-refractivity contribution is 0.0783. The fourth-order valence-electron chi connectivity index (χ4n) is 2.94. The van der Waals surface area contributed by atoms with Gasteiger partial charge in [-0.05, 0) is 30.4 Å². The summed E-state index contributed by atoms with van der Waals surface area (Å²) in [7, 11) is 1.64. The Morgan fingerprint density at radius 3 is 2.62 bits per heavy atom. The molecule has 1 aromatic heterocycles. The number of amides is 2. The van der Waals surface area contributed by atoms with Crippen molar-refractivity contribution >= 4 is 11.8 Å². The Kier molecular flexibility index (Phi) is 5.51. The van der Waals surface area contributed by atoms with Crippen LogP contribution >= 0.6 is 0 Å². The van der Waals surface area contributed by atoms with E-state index in [1.807, 2.05) is 30.3 Å². The van der Waals surface area contributed by atoms with Gasteiger partial charge in [0.25, 0.3) is 17.4 Å². The maximum Gasteiger partial charge on any atom is 0.260 e. The minimum Gasteiger partial charge on any atom is -0.352 e. The topological polar surface area (TPSA) is 82.3 Å². The second kappa shape index (κ2) is 7.99. The van der Waals surface area contributed by atoms with Gasteiger partial charge in [0.1, 0.15) is 5.56 Å². The number of nitrogens with zero attached hydrogens (tertiary/aromatic N) is 1. The molecule has 1 heterocycles. The molecule has 2 aromatic rings. The van der Waals surface area contributed by atoms with Crippen LogP contribution in [0.2, 0.25) is 0 Å². The summed E-state index contributed by atoms with van der Waals surface area (Å²) >= 11 is 0. The summed E-state index contributed by atoms with van der Waals surface area (Å²) in [5, 5.41) is 2.87. The van der Waals surface area contributed by atoms with Gasteiger partial charge < -0.3 is 15.2 Å². The number of H-pyrrole nitrogens is 1. The maximum absolute atomic E-state index is 12.6. The first-order valence-electron chi connectivity index (χ1n) is 8.85. The lowest BCUT2D eigenvalue weighted by Gasteiger charge is -2.25. The Balaban J connectivity index is 1.70. The molecule has 2 N–H and O–H groups in total. The minimum absolute atomic E-state index is 0.0280. The zero-order chi connectivity index (χ0) is 18.5. The lowest BCUT2D eigenvalue weighted by atomic mass is 9.85. The van der Waals surface area contributed by atoms with Gasteiger partial charge in [-0.15, -0.1) is 0 Å². The molecule has 6 nitrogen and oxygen atoms in total. The van der Waals surface area contributed by atoms with Gasteiger partial charge in [-0.25, -0.2) is 0 Å². The molecule has 0 bridgehead atoms. The van der Waals surface area contributed by atoms with Crippen LogP contribution in [0.5, 0.6) is 0 Å². The third-order valence-electron chi connectivity index (χ3n) is 4.78. The molecule has 6 heteroatoms. The van der Waals surface area contributed by atoms with Crippen LogP contribution < -0.4 is 10.9 Å². The summed E-state index contributed by atoms with van der Waals surface area (Å²) in [6, 6.07) is 10.9. The fraction of sp³-hybridized carbons (Fsp3) is 0.350. The summed E-state index contributed by atoms with van der Waals surface area (Å²) in [5.74, 6) is -0.142. The number of nitrogens with one attached hydrogen (secondary N) is 2. The van der Waals surface area contributed by atoms with E-state index in [0.717, 1.165) is 18.4 Å². The zero-order valence-electron chi connectivity index (χ0n) is 14.8. The Morgan fingerprint density at radius 1 is 1.23 bits per heavy atom. The Bertz CT molecular complexity index is 841. The summed E-state index contributed by atoms with van der Waals surface area (Å²) in [6.07, 6.45) is 4.85. The number of benzene rings is 1. The Hall–Kier alpha value is -2.89. The monoisotopic (exact) mass is 353 g/mol. The van der Waals surface area contributed by atoms with Crippen molar-refractivity contribution in [1.82, 2.24) is 15.2 Å². The number of carbonyl (C=O) groups is 2. The van der Waals surface area contributed by atoms with Gasteiger partial charge in [-0.1, -0.05) is 36.8 Å². The van der Waals surface area contributed by atoms with E-state index in [2.05, 4.69) is 10.3 Å². The SMILES string of the molecule is CN(Cc1ccccc1)C(=O)c1cc(C(=O)NCC2CCC2)c[nH]c1=O. The van der Waals surface area contributed by atoms with Crippen molar-refractivity contribution in [1.29, 1.82) is 0 Å². The first-order chi connectivity index (χ1) is 12.5. The maximum atomic E-state index is 12.6. The molecule has 1 saturated carbocycles. The second-order valence-electron chi connectivity index (χ2n) is 6.78. The van der Waals surface area contributed by atoms with Gasteiger partial charge in [-0.3, -0.25) is 14.4 Å². The van der Waals surface area contributed by atoms with Crippen LogP contribution in [0.25, 0.3) is 0 Å². The van der Waals surface area contributed by atoms with Crippen molar-refractivity contribution < 1.29 is 9.59 Å². The van der Waals surface area contributed by atoms with Crippen molar-refractivity contribution in [2.75, 3.05) is 13.6 Å². The van der Waals surface area contributed by atoms with E-state index in [0.29, 0.717) is 24.6 Å². The predicted molar refractivity (Wildman–Crippen MR) is 99.0 cm³/mol. The molecular weight excluding hydrogens is 330 g/mol. The molecule has 1 aliphatic rings. The van der Waals surface area contributed by atoms with Crippen molar-refractivity contribution in [3.05, 3.63) is 69.6 Å². The quantitative estimate of drug-likeness (QED) is 0.835. The van der Waals surface area contributed by atoms with Gasteiger partial charge in [-0.2, -0.15) is 0 Å². The number of aromatic amines is 1.